The number of carbonyl (C=O) groups excluding carboxylic acids is 1. The number of nitrogens with one attached hydrogen (secondary N) is 1. The fourth-order valence-electron chi connectivity index (χ4n) is 2.23. The average Bonchev–Trinajstić information content (AvgIpc) is 2.89. The van der Waals surface area contributed by atoms with Crippen LogP contribution in [0, 0.1) is 12.8 Å². The minimum atomic E-state index is 0.132. The standard InChI is InChI=1S/C13H19NO3S/c1-4-9-5-12(15)14-10(9)7-17-11-6-13(16-3)18-8(11)2/h6,9-10H,4-5,7H2,1-3H3,(H,14,15)/t9-,10-/m1/s1. The lowest BCUT2D eigenvalue weighted by Crippen LogP contribution is -2.34. The monoisotopic (exact) mass is 269 g/mol. The lowest BCUT2D eigenvalue weighted by Gasteiger charge is -2.17. The van der Waals surface area contributed by atoms with Crippen molar-refractivity contribution in [2.45, 2.75) is 32.7 Å². The first-order valence-corrected chi connectivity index (χ1v) is 7.02. The van der Waals surface area contributed by atoms with E-state index < -0.39 is 0 Å². The molecule has 0 spiro atoms. The van der Waals surface area contributed by atoms with Crippen LogP contribution in [0.4, 0.5) is 0 Å². The van der Waals surface area contributed by atoms with Crippen LogP contribution >= 0.6 is 11.3 Å². The number of ether oxygens (including phenoxy) is 2. The highest BCUT2D eigenvalue weighted by atomic mass is 32.1. The van der Waals surface area contributed by atoms with Gasteiger partial charge in [-0.05, 0) is 12.8 Å². The molecule has 1 N–H and O–H groups in total. The first-order chi connectivity index (χ1) is 8.63. The molecule has 1 aromatic heterocycles. The second-order valence-electron chi connectivity index (χ2n) is 4.55. The topological polar surface area (TPSA) is 47.6 Å². The molecule has 0 bridgehead atoms. The maximum absolute atomic E-state index is 11.4. The Morgan fingerprint density at radius 1 is 1.56 bits per heavy atom. The molecule has 2 heterocycles. The molecule has 2 rings (SSSR count). The molecule has 0 saturated carbocycles. The number of rotatable bonds is 5. The normalized spacial score (nSPS) is 22.9. The second kappa shape index (κ2) is 5.61. The minimum Gasteiger partial charge on any atom is -0.490 e. The zero-order valence-corrected chi connectivity index (χ0v) is 11.8. The van der Waals surface area contributed by atoms with E-state index in [0.717, 1.165) is 22.1 Å². The highest BCUT2D eigenvalue weighted by Gasteiger charge is 2.31. The molecule has 1 aliphatic heterocycles. The third-order valence-electron chi connectivity index (χ3n) is 3.36. The van der Waals surface area contributed by atoms with Gasteiger partial charge in [-0.1, -0.05) is 13.3 Å². The quantitative estimate of drug-likeness (QED) is 0.892. The van der Waals surface area contributed by atoms with E-state index >= 15 is 0 Å². The van der Waals surface area contributed by atoms with Crippen molar-refractivity contribution in [3.05, 3.63) is 10.9 Å². The summed E-state index contributed by atoms with van der Waals surface area (Å²) >= 11 is 1.57. The summed E-state index contributed by atoms with van der Waals surface area (Å²) in [6, 6.07) is 2.03. The fourth-order valence-corrected chi connectivity index (χ4v) is 3.00. The highest BCUT2D eigenvalue weighted by molar-refractivity contribution is 7.14. The molecule has 0 aromatic carbocycles. The van der Waals surface area contributed by atoms with Gasteiger partial charge in [0, 0.05) is 17.4 Å². The van der Waals surface area contributed by atoms with Crippen LogP contribution in [0.2, 0.25) is 0 Å². The molecule has 18 heavy (non-hydrogen) atoms. The molecule has 1 saturated heterocycles. The summed E-state index contributed by atoms with van der Waals surface area (Å²) < 4.78 is 11.0. The van der Waals surface area contributed by atoms with Gasteiger partial charge in [0.15, 0.2) is 5.06 Å². The first kappa shape index (κ1) is 13.2. The van der Waals surface area contributed by atoms with Gasteiger partial charge in [-0.25, -0.2) is 0 Å². The van der Waals surface area contributed by atoms with Crippen LogP contribution in [0.15, 0.2) is 6.07 Å². The zero-order chi connectivity index (χ0) is 13.1. The molecule has 0 radical (unpaired) electrons. The summed E-state index contributed by atoms with van der Waals surface area (Å²) in [4.78, 5) is 12.5. The lowest BCUT2D eigenvalue weighted by atomic mass is 9.98. The van der Waals surface area contributed by atoms with Gasteiger partial charge in [-0.3, -0.25) is 4.79 Å². The highest BCUT2D eigenvalue weighted by Crippen LogP contribution is 2.34. The number of methoxy groups -OCH3 is 1. The van der Waals surface area contributed by atoms with Gasteiger partial charge in [0.1, 0.15) is 12.4 Å². The zero-order valence-electron chi connectivity index (χ0n) is 11.0. The Bertz CT molecular complexity index is 430. The van der Waals surface area contributed by atoms with Crippen LogP contribution in [0.5, 0.6) is 10.8 Å². The largest absolute Gasteiger partial charge is 0.490 e. The maximum atomic E-state index is 11.4. The summed E-state index contributed by atoms with van der Waals surface area (Å²) in [6.07, 6.45) is 1.62. The Morgan fingerprint density at radius 2 is 2.33 bits per heavy atom. The third-order valence-corrected chi connectivity index (χ3v) is 4.35. The molecule has 0 unspecified atom stereocenters. The Labute approximate surface area is 111 Å². The van der Waals surface area contributed by atoms with E-state index in [4.69, 9.17) is 9.47 Å². The number of hydrogen-bond acceptors (Lipinski definition) is 4. The Morgan fingerprint density at radius 3 is 2.94 bits per heavy atom. The minimum absolute atomic E-state index is 0.132. The van der Waals surface area contributed by atoms with Crippen LogP contribution in [-0.2, 0) is 4.79 Å². The maximum Gasteiger partial charge on any atom is 0.220 e. The van der Waals surface area contributed by atoms with Crippen molar-refractivity contribution < 1.29 is 14.3 Å². The fraction of sp³-hybridized carbons (Fsp3) is 0.615. The van der Waals surface area contributed by atoms with E-state index in [1.807, 2.05) is 13.0 Å². The SMILES string of the molecule is CC[C@@H]1CC(=O)N[C@@H]1COc1cc(OC)sc1C. The molecular formula is C13H19NO3S. The van der Waals surface area contributed by atoms with Crippen molar-refractivity contribution in [2.24, 2.45) is 5.92 Å². The number of amides is 1. The Balaban J connectivity index is 1.94. The molecule has 5 heteroatoms. The molecule has 1 fully saturated rings. The van der Waals surface area contributed by atoms with Gasteiger partial charge in [0.25, 0.3) is 0 Å². The van der Waals surface area contributed by atoms with Crippen molar-refractivity contribution >= 4 is 17.2 Å². The molecular weight excluding hydrogens is 250 g/mol. The van der Waals surface area contributed by atoms with Crippen molar-refractivity contribution in [1.82, 2.24) is 5.32 Å². The van der Waals surface area contributed by atoms with Crippen LogP contribution in [0.1, 0.15) is 24.6 Å². The predicted molar refractivity (Wildman–Crippen MR) is 71.4 cm³/mol. The molecule has 1 aliphatic rings. The van der Waals surface area contributed by atoms with E-state index in [-0.39, 0.29) is 11.9 Å². The lowest BCUT2D eigenvalue weighted by molar-refractivity contribution is -0.119. The Kier molecular flexibility index (Phi) is 4.11. The molecule has 1 amide bonds. The summed E-state index contributed by atoms with van der Waals surface area (Å²) in [5, 5.41) is 3.83. The molecule has 2 atom stereocenters. The summed E-state index contributed by atoms with van der Waals surface area (Å²) in [5.41, 5.74) is 0. The van der Waals surface area contributed by atoms with Gasteiger partial charge in [-0.15, -0.1) is 11.3 Å². The number of thiophene rings is 1. The summed E-state index contributed by atoms with van der Waals surface area (Å²) in [6.45, 7) is 4.65. The predicted octanol–water partition coefficient (Wildman–Crippen LogP) is 2.36. The van der Waals surface area contributed by atoms with Crippen LogP contribution in [0.25, 0.3) is 0 Å². The van der Waals surface area contributed by atoms with Crippen molar-refractivity contribution in [2.75, 3.05) is 13.7 Å². The molecule has 1 aromatic rings. The van der Waals surface area contributed by atoms with Gasteiger partial charge in [0.05, 0.1) is 13.2 Å². The van der Waals surface area contributed by atoms with Crippen LogP contribution in [-0.4, -0.2) is 25.7 Å². The molecule has 0 aliphatic carbocycles. The number of aryl methyl sites for hydroxylation is 1. The van der Waals surface area contributed by atoms with Crippen molar-refractivity contribution in [1.29, 1.82) is 0 Å². The number of hydrogen-bond donors (Lipinski definition) is 1. The van der Waals surface area contributed by atoms with E-state index in [2.05, 4.69) is 12.2 Å². The average molecular weight is 269 g/mol. The molecule has 100 valence electrons. The van der Waals surface area contributed by atoms with E-state index in [9.17, 15) is 4.79 Å². The Hall–Kier alpha value is -1.23. The third kappa shape index (κ3) is 2.77. The van der Waals surface area contributed by atoms with Crippen LogP contribution in [0.3, 0.4) is 0 Å². The summed E-state index contributed by atoms with van der Waals surface area (Å²) in [7, 11) is 1.65. The van der Waals surface area contributed by atoms with E-state index in [0.29, 0.717) is 18.9 Å². The second-order valence-corrected chi connectivity index (χ2v) is 5.77. The van der Waals surface area contributed by atoms with E-state index in [1.54, 1.807) is 18.4 Å². The van der Waals surface area contributed by atoms with Crippen LogP contribution < -0.4 is 14.8 Å². The first-order valence-electron chi connectivity index (χ1n) is 6.20. The van der Waals surface area contributed by atoms with Gasteiger partial charge >= 0.3 is 0 Å². The van der Waals surface area contributed by atoms with E-state index in [1.165, 1.54) is 0 Å². The smallest absolute Gasteiger partial charge is 0.220 e. The van der Waals surface area contributed by atoms with Crippen molar-refractivity contribution in [3.8, 4) is 10.8 Å². The summed E-state index contributed by atoms with van der Waals surface area (Å²) in [5.74, 6) is 1.38. The number of carbonyl (C=O) groups is 1. The van der Waals surface area contributed by atoms with Crippen molar-refractivity contribution in [3.63, 3.8) is 0 Å². The van der Waals surface area contributed by atoms with Gasteiger partial charge in [-0.2, -0.15) is 0 Å². The van der Waals surface area contributed by atoms with Gasteiger partial charge < -0.3 is 14.8 Å². The molecule has 4 nitrogen and oxygen atoms in total. The van der Waals surface area contributed by atoms with Gasteiger partial charge in [0.2, 0.25) is 5.91 Å².